The SMILES string of the molecule is CC(C)(C)[Si](C)(C)OCC(CNC12CC(NC(=O)COc3ccc(Cl)c(F)c3)(C1)C2)c1ccc(Cl)cc1. The van der Waals surface area contributed by atoms with E-state index in [9.17, 15) is 9.18 Å². The second-order valence-corrected chi connectivity index (χ2v) is 17.9. The van der Waals surface area contributed by atoms with Crippen molar-refractivity contribution in [2.45, 2.75) is 75.2 Å². The number of hydrogen-bond acceptors (Lipinski definition) is 4. The molecule has 2 aromatic rings. The van der Waals surface area contributed by atoms with E-state index in [1.54, 1.807) is 6.07 Å². The predicted octanol–water partition coefficient (Wildman–Crippen LogP) is 6.70. The van der Waals surface area contributed by atoms with Crippen molar-refractivity contribution in [3.63, 3.8) is 0 Å². The van der Waals surface area contributed by atoms with E-state index in [0.717, 1.165) is 30.8 Å². The Bertz CT molecular complexity index is 1120. The van der Waals surface area contributed by atoms with Gasteiger partial charge in [-0.2, -0.15) is 0 Å². The molecule has 9 heteroatoms. The summed E-state index contributed by atoms with van der Waals surface area (Å²) in [6.45, 7) is 12.6. The lowest BCUT2D eigenvalue weighted by Crippen LogP contribution is -2.83. The van der Waals surface area contributed by atoms with Gasteiger partial charge in [-0.1, -0.05) is 56.1 Å². The number of carbonyl (C=O) groups excluding carboxylic acids is 1. The maximum absolute atomic E-state index is 13.6. The van der Waals surface area contributed by atoms with Gasteiger partial charge >= 0.3 is 0 Å². The third-order valence-electron chi connectivity index (χ3n) is 8.21. The number of halogens is 3. The van der Waals surface area contributed by atoms with Gasteiger partial charge in [-0.25, -0.2) is 4.39 Å². The summed E-state index contributed by atoms with van der Waals surface area (Å²) in [6, 6.07) is 12.2. The number of rotatable bonds is 11. The molecule has 37 heavy (non-hydrogen) atoms. The molecule has 202 valence electrons. The van der Waals surface area contributed by atoms with E-state index in [1.807, 2.05) is 12.1 Å². The van der Waals surface area contributed by atoms with E-state index in [1.165, 1.54) is 17.7 Å². The fraction of sp³-hybridized carbons (Fsp3) is 0.536. The van der Waals surface area contributed by atoms with Crippen LogP contribution in [0.3, 0.4) is 0 Å². The quantitative estimate of drug-likeness (QED) is 0.297. The Kier molecular flexibility index (Phi) is 8.05. The summed E-state index contributed by atoms with van der Waals surface area (Å²) in [6.07, 6.45) is 2.66. The average Bonchev–Trinajstić information content (AvgIpc) is 2.77. The first-order valence-corrected chi connectivity index (χ1v) is 16.4. The van der Waals surface area contributed by atoms with Gasteiger partial charge < -0.3 is 19.8 Å². The number of nitrogens with one attached hydrogen (secondary N) is 2. The third kappa shape index (κ3) is 6.51. The average molecular weight is 568 g/mol. The summed E-state index contributed by atoms with van der Waals surface area (Å²) in [5.41, 5.74) is 1.09. The molecular weight excluding hydrogens is 530 g/mol. The van der Waals surface area contributed by atoms with Gasteiger partial charge in [0.25, 0.3) is 5.91 Å². The number of ether oxygens (including phenoxy) is 1. The topological polar surface area (TPSA) is 59.6 Å². The minimum atomic E-state index is -1.88. The first kappa shape index (κ1) is 28.4. The van der Waals surface area contributed by atoms with E-state index in [0.29, 0.717) is 6.61 Å². The molecule has 0 saturated heterocycles. The zero-order chi connectivity index (χ0) is 27.1. The summed E-state index contributed by atoms with van der Waals surface area (Å²) < 4.78 is 25.6. The van der Waals surface area contributed by atoms with Crippen LogP contribution in [-0.4, -0.2) is 45.1 Å². The molecule has 2 bridgehead atoms. The highest BCUT2D eigenvalue weighted by Crippen LogP contribution is 2.60. The molecule has 5 nitrogen and oxygen atoms in total. The second kappa shape index (κ2) is 10.5. The minimum absolute atomic E-state index is 0.0216. The van der Waals surface area contributed by atoms with E-state index in [-0.39, 0.29) is 45.3 Å². The molecule has 3 fully saturated rings. The van der Waals surface area contributed by atoms with Crippen molar-refractivity contribution in [3.05, 3.63) is 63.9 Å². The summed E-state index contributed by atoms with van der Waals surface area (Å²) in [5.74, 6) is -0.288. The van der Waals surface area contributed by atoms with Crippen LogP contribution in [0.25, 0.3) is 0 Å². The van der Waals surface area contributed by atoms with Gasteiger partial charge in [-0.05, 0) is 67.2 Å². The molecule has 3 saturated carbocycles. The molecule has 3 aliphatic rings. The second-order valence-electron chi connectivity index (χ2n) is 12.2. The van der Waals surface area contributed by atoms with E-state index < -0.39 is 14.1 Å². The monoisotopic (exact) mass is 566 g/mol. The molecule has 1 atom stereocenters. The Hall–Kier alpha value is -1.64. The maximum atomic E-state index is 13.6. The first-order valence-electron chi connectivity index (χ1n) is 12.7. The van der Waals surface area contributed by atoms with Gasteiger partial charge in [0.05, 0.1) is 5.02 Å². The minimum Gasteiger partial charge on any atom is -0.484 e. The lowest BCUT2D eigenvalue weighted by molar-refractivity contribution is -0.143. The lowest BCUT2D eigenvalue weighted by Gasteiger charge is -2.71. The Morgan fingerprint density at radius 1 is 1.08 bits per heavy atom. The van der Waals surface area contributed by atoms with Crippen molar-refractivity contribution in [1.29, 1.82) is 0 Å². The summed E-state index contributed by atoms with van der Waals surface area (Å²) >= 11 is 11.8. The highest BCUT2D eigenvalue weighted by molar-refractivity contribution is 6.74. The first-order chi connectivity index (χ1) is 17.2. The van der Waals surface area contributed by atoms with Gasteiger partial charge in [0, 0.05) is 41.2 Å². The van der Waals surface area contributed by atoms with Crippen LogP contribution in [0.15, 0.2) is 42.5 Å². The zero-order valence-electron chi connectivity index (χ0n) is 22.2. The molecular formula is C28H37Cl2FN2O3Si. The molecule has 1 amide bonds. The van der Waals surface area contributed by atoms with Gasteiger partial charge in [-0.3, -0.25) is 4.79 Å². The summed E-state index contributed by atoms with van der Waals surface area (Å²) in [5, 5.41) is 7.79. The molecule has 0 aromatic heterocycles. The van der Waals surface area contributed by atoms with Crippen molar-refractivity contribution in [2.75, 3.05) is 19.8 Å². The molecule has 0 aliphatic heterocycles. The Labute approximate surface area is 230 Å². The highest BCUT2D eigenvalue weighted by atomic mass is 35.5. The number of hydrogen-bond donors (Lipinski definition) is 2. The molecule has 5 rings (SSSR count). The number of carbonyl (C=O) groups is 1. The highest BCUT2D eigenvalue weighted by Gasteiger charge is 2.68. The molecule has 0 radical (unpaired) electrons. The van der Waals surface area contributed by atoms with Gasteiger partial charge in [0.15, 0.2) is 14.9 Å². The van der Waals surface area contributed by atoms with Crippen LogP contribution in [0, 0.1) is 5.82 Å². The molecule has 2 N–H and O–H groups in total. The molecule has 3 aliphatic carbocycles. The molecule has 2 aromatic carbocycles. The fourth-order valence-electron chi connectivity index (χ4n) is 5.03. The van der Waals surface area contributed by atoms with E-state index in [4.69, 9.17) is 32.4 Å². The van der Waals surface area contributed by atoms with Crippen molar-refractivity contribution < 1.29 is 18.3 Å². The standard InChI is InChI=1S/C28H37Cl2FN2O3Si/c1-26(2,3)37(4,5)36-14-20(19-6-8-21(29)9-7-19)13-32-27-16-28(17-27,18-27)33-25(34)15-35-22-10-11-23(30)24(31)12-22/h6-12,20,32H,13-18H2,1-5H3,(H,33,34). The van der Waals surface area contributed by atoms with Crippen LogP contribution < -0.4 is 15.4 Å². The Morgan fingerprint density at radius 2 is 1.73 bits per heavy atom. The van der Waals surface area contributed by atoms with Crippen LogP contribution in [0.4, 0.5) is 4.39 Å². The lowest BCUT2D eigenvalue weighted by atomic mass is 9.44. The third-order valence-corrected chi connectivity index (χ3v) is 13.3. The zero-order valence-corrected chi connectivity index (χ0v) is 24.7. The largest absolute Gasteiger partial charge is 0.484 e. The van der Waals surface area contributed by atoms with Crippen molar-refractivity contribution in [3.8, 4) is 5.75 Å². The number of amides is 1. The smallest absolute Gasteiger partial charge is 0.258 e. The normalized spacial score (nSPS) is 23.6. The van der Waals surface area contributed by atoms with Crippen molar-refractivity contribution in [2.24, 2.45) is 0 Å². The Morgan fingerprint density at radius 3 is 2.32 bits per heavy atom. The van der Waals surface area contributed by atoms with Crippen LogP contribution in [0.2, 0.25) is 28.2 Å². The van der Waals surface area contributed by atoms with Gasteiger partial charge in [0.2, 0.25) is 0 Å². The van der Waals surface area contributed by atoms with Crippen LogP contribution in [-0.2, 0) is 9.22 Å². The summed E-state index contributed by atoms with van der Waals surface area (Å²) in [4.78, 5) is 12.4. The molecule has 1 unspecified atom stereocenters. The maximum Gasteiger partial charge on any atom is 0.258 e. The van der Waals surface area contributed by atoms with Crippen molar-refractivity contribution in [1.82, 2.24) is 10.6 Å². The summed E-state index contributed by atoms with van der Waals surface area (Å²) in [7, 11) is -1.88. The fourth-order valence-corrected chi connectivity index (χ4v) is 6.32. The molecule has 0 spiro atoms. The predicted molar refractivity (Wildman–Crippen MR) is 150 cm³/mol. The van der Waals surface area contributed by atoms with Crippen LogP contribution >= 0.6 is 23.2 Å². The van der Waals surface area contributed by atoms with Crippen LogP contribution in [0.1, 0.15) is 51.5 Å². The van der Waals surface area contributed by atoms with Crippen LogP contribution in [0.5, 0.6) is 5.75 Å². The molecule has 0 heterocycles. The van der Waals surface area contributed by atoms with Gasteiger partial charge in [0.1, 0.15) is 11.6 Å². The van der Waals surface area contributed by atoms with Gasteiger partial charge in [-0.15, -0.1) is 0 Å². The van der Waals surface area contributed by atoms with Crippen molar-refractivity contribution >= 4 is 37.4 Å². The Balaban J connectivity index is 1.27. The van der Waals surface area contributed by atoms with E-state index >= 15 is 0 Å². The van der Waals surface area contributed by atoms with E-state index in [2.05, 4.69) is 56.6 Å². The number of benzene rings is 2.